The average molecular weight is 172 g/mol. The molecule has 12 heavy (non-hydrogen) atoms. The van der Waals surface area contributed by atoms with Gasteiger partial charge >= 0.3 is 0 Å². The largest absolute Gasteiger partial charge is 0.272 e. The van der Waals surface area contributed by atoms with Gasteiger partial charge in [-0.15, -0.1) is 5.06 Å². The van der Waals surface area contributed by atoms with Crippen LogP contribution >= 0.6 is 0 Å². The van der Waals surface area contributed by atoms with Crippen molar-refractivity contribution in [1.29, 1.82) is 0 Å². The zero-order chi connectivity index (χ0) is 9.89. The molecule has 4 nitrogen and oxygen atoms in total. The second-order valence-electron chi connectivity index (χ2n) is 3.28. The van der Waals surface area contributed by atoms with Crippen molar-refractivity contribution < 1.29 is 14.8 Å². The van der Waals surface area contributed by atoms with Crippen molar-refractivity contribution in [1.82, 2.24) is 5.06 Å². The van der Waals surface area contributed by atoms with Crippen LogP contribution in [-0.2, 0) is 14.8 Å². The maximum Gasteiger partial charge on any atom is 0.258 e. The molecular formula is C8H14NO3. The maximum absolute atomic E-state index is 11.0. The van der Waals surface area contributed by atoms with Gasteiger partial charge in [0.1, 0.15) is 0 Å². The minimum Gasteiger partial charge on any atom is -0.272 e. The average Bonchev–Trinajstić information content (AvgIpc) is 2.00. The molecule has 0 unspecified atom stereocenters. The molecule has 4 heteroatoms. The van der Waals surface area contributed by atoms with E-state index >= 15 is 0 Å². The summed E-state index contributed by atoms with van der Waals surface area (Å²) in [5.74, 6) is -2.20. The Kier molecular flexibility index (Phi) is 3.89. The van der Waals surface area contributed by atoms with Crippen LogP contribution in [0.3, 0.4) is 0 Å². The van der Waals surface area contributed by atoms with E-state index in [1.807, 2.05) is 0 Å². The lowest BCUT2D eigenvalue weighted by molar-refractivity contribution is -0.200. The number of carbonyl (C=O) groups excluding carboxylic acids is 2. The van der Waals surface area contributed by atoms with Crippen LogP contribution in [0.5, 0.6) is 0 Å². The number of hydrogen-bond donors (Lipinski definition) is 0. The minimum absolute atomic E-state index is 0.0463. The van der Waals surface area contributed by atoms with Crippen LogP contribution in [0, 0.1) is 11.8 Å². The summed E-state index contributed by atoms with van der Waals surface area (Å²) >= 11 is 0. The Morgan fingerprint density at radius 2 is 1.17 bits per heavy atom. The van der Waals surface area contributed by atoms with Crippen molar-refractivity contribution in [2.45, 2.75) is 27.7 Å². The van der Waals surface area contributed by atoms with Gasteiger partial charge < -0.3 is 0 Å². The van der Waals surface area contributed by atoms with E-state index < -0.39 is 23.7 Å². The van der Waals surface area contributed by atoms with E-state index in [0.29, 0.717) is 0 Å². The number of carbonyl (C=O) groups is 2. The quantitative estimate of drug-likeness (QED) is 0.583. The fraction of sp³-hybridized carbons (Fsp3) is 0.750. The van der Waals surface area contributed by atoms with Crippen LogP contribution < -0.4 is 0 Å². The molecule has 0 aromatic heterocycles. The van der Waals surface area contributed by atoms with E-state index in [-0.39, 0.29) is 5.06 Å². The second kappa shape index (κ2) is 4.21. The second-order valence-corrected chi connectivity index (χ2v) is 3.28. The lowest BCUT2D eigenvalue weighted by atomic mass is 10.1. The molecule has 0 fully saturated rings. The third-order valence-electron chi connectivity index (χ3n) is 1.39. The molecule has 0 spiro atoms. The summed E-state index contributed by atoms with van der Waals surface area (Å²) < 4.78 is 0. The zero-order valence-corrected chi connectivity index (χ0v) is 7.83. The van der Waals surface area contributed by atoms with Crippen molar-refractivity contribution in [3.8, 4) is 0 Å². The van der Waals surface area contributed by atoms with Crippen molar-refractivity contribution in [3.05, 3.63) is 0 Å². The molecule has 2 amide bonds. The van der Waals surface area contributed by atoms with Gasteiger partial charge in [0.25, 0.3) is 11.8 Å². The van der Waals surface area contributed by atoms with Gasteiger partial charge in [-0.2, -0.15) is 0 Å². The summed E-state index contributed by atoms with van der Waals surface area (Å²) in [5, 5.41) is 10.9. The SMILES string of the molecule is CC(C)C(=O)N([O])C(=O)C(C)C. The van der Waals surface area contributed by atoms with Gasteiger partial charge in [0, 0.05) is 11.8 Å². The molecule has 1 radical (unpaired) electrons. The third kappa shape index (κ3) is 2.62. The molecule has 0 bridgehead atoms. The summed E-state index contributed by atoms with van der Waals surface area (Å²) in [6.07, 6.45) is 0. The molecule has 0 heterocycles. The molecule has 0 atom stereocenters. The van der Waals surface area contributed by atoms with E-state index in [2.05, 4.69) is 0 Å². The summed E-state index contributed by atoms with van der Waals surface area (Å²) in [6.45, 7) is 6.34. The van der Waals surface area contributed by atoms with Gasteiger partial charge in [-0.1, -0.05) is 32.9 Å². The molecule has 0 rings (SSSR count). The predicted molar refractivity (Wildman–Crippen MR) is 42.2 cm³/mol. The van der Waals surface area contributed by atoms with Crippen molar-refractivity contribution in [3.63, 3.8) is 0 Å². The van der Waals surface area contributed by atoms with Crippen molar-refractivity contribution in [2.75, 3.05) is 0 Å². The first-order valence-corrected chi connectivity index (χ1v) is 3.92. The van der Waals surface area contributed by atoms with Crippen LogP contribution in [0.4, 0.5) is 0 Å². The molecule has 0 N–H and O–H groups in total. The van der Waals surface area contributed by atoms with Crippen LogP contribution in [0.15, 0.2) is 0 Å². The van der Waals surface area contributed by atoms with E-state index in [1.54, 1.807) is 27.7 Å². The highest BCUT2D eigenvalue weighted by Gasteiger charge is 2.25. The Bertz CT molecular complexity index is 167. The van der Waals surface area contributed by atoms with Gasteiger partial charge in [-0.05, 0) is 0 Å². The monoisotopic (exact) mass is 172 g/mol. The summed E-state index contributed by atoms with van der Waals surface area (Å²) in [6, 6.07) is 0. The summed E-state index contributed by atoms with van der Waals surface area (Å²) in [5.41, 5.74) is 0. The highest BCUT2D eigenvalue weighted by Crippen LogP contribution is 2.04. The summed E-state index contributed by atoms with van der Waals surface area (Å²) in [7, 11) is 0. The van der Waals surface area contributed by atoms with Crippen molar-refractivity contribution >= 4 is 11.8 Å². The van der Waals surface area contributed by atoms with Gasteiger partial charge in [0.2, 0.25) is 0 Å². The first-order valence-electron chi connectivity index (χ1n) is 3.92. The molecule has 69 valence electrons. The molecule has 0 aliphatic carbocycles. The topological polar surface area (TPSA) is 57.3 Å². The fourth-order valence-electron chi connectivity index (χ4n) is 0.578. The number of hydroxylamine groups is 2. The highest BCUT2D eigenvalue weighted by atomic mass is 16.5. The van der Waals surface area contributed by atoms with Crippen LogP contribution in [-0.4, -0.2) is 16.9 Å². The lowest BCUT2D eigenvalue weighted by Gasteiger charge is -2.14. The Morgan fingerprint density at radius 1 is 0.917 bits per heavy atom. The van der Waals surface area contributed by atoms with E-state index in [9.17, 15) is 14.8 Å². The molecule has 0 saturated carbocycles. The number of rotatable bonds is 2. The third-order valence-corrected chi connectivity index (χ3v) is 1.39. The van der Waals surface area contributed by atoms with Crippen molar-refractivity contribution in [2.24, 2.45) is 11.8 Å². The Morgan fingerprint density at radius 3 is 1.33 bits per heavy atom. The smallest absolute Gasteiger partial charge is 0.258 e. The molecule has 0 aliphatic rings. The van der Waals surface area contributed by atoms with E-state index in [4.69, 9.17) is 0 Å². The Hall–Kier alpha value is -0.900. The number of hydrogen-bond acceptors (Lipinski definition) is 2. The lowest BCUT2D eigenvalue weighted by Crippen LogP contribution is -2.37. The Labute approximate surface area is 72.1 Å². The number of amides is 2. The van der Waals surface area contributed by atoms with Gasteiger partial charge in [-0.25, -0.2) is 0 Å². The summed E-state index contributed by atoms with van der Waals surface area (Å²) in [4.78, 5) is 22.0. The van der Waals surface area contributed by atoms with Crippen LogP contribution in [0.25, 0.3) is 0 Å². The molecule has 0 saturated heterocycles. The fourth-order valence-corrected chi connectivity index (χ4v) is 0.578. The van der Waals surface area contributed by atoms with E-state index in [1.165, 1.54) is 0 Å². The number of nitrogens with zero attached hydrogens (tertiary/aromatic N) is 1. The van der Waals surface area contributed by atoms with Crippen LogP contribution in [0.1, 0.15) is 27.7 Å². The number of imide groups is 1. The Balaban J connectivity index is 4.30. The molecular weight excluding hydrogens is 158 g/mol. The van der Waals surface area contributed by atoms with Crippen LogP contribution in [0.2, 0.25) is 0 Å². The maximum atomic E-state index is 11.0. The van der Waals surface area contributed by atoms with Gasteiger partial charge in [-0.3, -0.25) is 9.59 Å². The highest BCUT2D eigenvalue weighted by molar-refractivity contribution is 5.95. The normalized spacial score (nSPS) is 10.6. The molecule has 0 aliphatic heterocycles. The predicted octanol–water partition coefficient (Wildman–Crippen LogP) is 0.999. The van der Waals surface area contributed by atoms with Gasteiger partial charge in [0.15, 0.2) is 0 Å². The van der Waals surface area contributed by atoms with E-state index in [0.717, 1.165) is 0 Å². The molecule has 0 aromatic rings. The van der Waals surface area contributed by atoms with Gasteiger partial charge in [0.05, 0.1) is 0 Å². The zero-order valence-electron chi connectivity index (χ0n) is 7.83. The minimum atomic E-state index is -0.673. The standard InChI is InChI=1S/C8H14NO3/c1-5(2)7(10)9(12)8(11)6(3)4/h5-6H,1-4H3. The first kappa shape index (κ1) is 11.1. The molecule has 0 aromatic carbocycles. The first-order chi connectivity index (χ1) is 5.37.